The Labute approximate surface area is 143 Å². The van der Waals surface area contributed by atoms with Crippen molar-refractivity contribution in [1.29, 1.82) is 0 Å². The van der Waals surface area contributed by atoms with Gasteiger partial charge in [0.1, 0.15) is 0 Å². The molecule has 2 atom stereocenters. The number of amides is 1. The largest absolute Gasteiger partial charge is 0.379 e. The molecule has 24 heavy (non-hydrogen) atoms. The molecule has 0 aliphatic carbocycles. The van der Waals surface area contributed by atoms with Crippen molar-refractivity contribution in [1.82, 2.24) is 10.3 Å². The Morgan fingerprint density at radius 2 is 1.79 bits per heavy atom. The van der Waals surface area contributed by atoms with E-state index in [9.17, 15) is 4.79 Å². The average Bonchev–Trinajstić information content (AvgIpc) is 3.03. The number of aromatic nitrogens is 1. The van der Waals surface area contributed by atoms with Crippen LogP contribution in [0.4, 0.5) is 0 Å². The lowest BCUT2D eigenvalue weighted by Gasteiger charge is -2.19. The molecule has 0 spiro atoms. The normalized spacial score (nSPS) is 20.0. The van der Waals surface area contributed by atoms with Crippen LogP contribution < -0.4 is 5.32 Å². The lowest BCUT2D eigenvalue weighted by Crippen LogP contribution is -2.41. The molecule has 1 aliphatic heterocycles. The monoisotopic (exact) mass is 324 g/mol. The second-order valence-corrected chi connectivity index (χ2v) is 6.38. The number of benzene rings is 1. The third-order valence-corrected chi connectivity index (χ3v) is 4.59. The highest BCUT2D eigenvalue weighted by atomic mass is 16.5. The van der Waals surface area contributed by atoms with Crippen LogP contribution >= 0.6 is 0 Å². The molecule has 1 amide bonds. The van der Waals surface area contributed by atoms with Gasteiger partial charge in [0.25, 0.3) is 0 Å². The zero-order valence-electron chi connectivity index (χ0n) is 14.1. The molecular weight excluding hydrogens is 300 g/mol. The van der Waals surface area contributed by atoms with Crippen molar-refractivity contribution >= 4 is 5.91 Å². The van der Waals surface area contributed by atoms with Gasteiger partial charge in [-0.1, -0.05) is 31.2 Å². The van der Waals surface area contributed by atoms with Gasteiger partial charge in [0.2, 0.25) is 5.91 Å². The Kier molecular flexibility index (Phi) is 5.59. The number of ether oxygens (including phenoxy) is 1. The van der Waals surface area contributed by atoms with Crippen LogP contribution in [0.1, 0.15) is 23.6 Å². The third-order valence-electron chi connectivity index (χ3n) is 4.59. The number of carbonyl (C=O) groups is 1. The number of rotatable bonds is 6. The fourth-order valence-electron chi connectivity index (χ4n) is 3.12. The predicted molar refractivity (Wildman–Crippen MR) is 93.7 cm³/mol. The fraction of sp³-hybridized carbons (Fsp3) is 0.400. The summed E-state index contributed by atoms with van der Waals surface area (Å²) in [5, 5.41) is 3.15. The first kappa shape index (κ1) is 16.7. The van der Waals surface area contributed by atoms with Gasteiger partial charge in [0.15, 0.2) is 0 Å². The Morgan fingerprint density at radius 1 is 1.08 bits per heavy atom. The molecule has 4 nitrogen and oxygen atoms in total. The van der Waals surface area contributed by atoms with Gasteiger partial charge >= 0.3 is 0 Å². The molecule has 3 rings (SSSR count). The first-order valence-electron chi connectivity index (χ1n) is 8.58. The van der Waals surface area contributed by atoms with Crippen molar-refractivity contribution in [3.8, 4) is 0 Å². The van der Waals surface area contributed by atoms with Crippen LogP contribution in [-0.4, -0.2) is 30.1 Å². The summed E-state index contributed by atoms with van der Waals surface area (Å²) in [6.45, 7) is 3.42. The van der Waals surface area contributed by atoms with E-state index in [1.54, 1.807) is 12.4 Å². The van der Waals surface area contributed by atoms with Crippen LogP contribution in [0.2, 0.25) is 0 Å². The molecule has 0 unspecified atom stereocenters. The maximum atomic E-state index is 12.3. The molecule has 0 saturated carbocycles. The highest BCUT2D eigenvalue weighted by molar-refractivity contribution is 5.79. The fourth-order valence-corrected chi connectivity index (χ4v) is 3.12. The van der Waals surface area contributed by atoms with Crippen molar-refractivity contribution in [3.63, 3.8) is 0 Å². The number of nitrogens with one attached hydrogen (secondary N) is 1. The summed E-state index contributed by atoms with van der Waals surface area (Å²) < 4.78 is 5.59. The van der Waals surface area contributed by atoms with Gasteiger partial charge in [-0.2, -0.15) is 0 Å². The Morgan fingerprint density at radius 3 is 2.50 bits per heavy atom. The highest BCUT2D eigenvalue weighted by Gasteiger charge is 2.29. The summed E-state index contributed by atoms with van der Waals surface area (Å²) in [6, 6.07) is 12.4. The van der Waals surface area contributed by atoms with Crippen molar-refractivity contribution in [2.45, 2.75) is 32.2 Å². The molecule has 1 fully saturated rings. The maximum Gasteiger partial charge on any atom is 0.224 e. The molecule has 0 bridgehead atoms. The summed E-state index contributed by atoms with van der Waals surface area (Å²) in [5.74, 6) is 0.383. The number of pyridine rings is 1. The van der Waals surface area contributed by atoms with Gasteiger partial charge in [-0.15, -0.1) is 0 Å². The van der Waals surface area contributed by atoms with Crippen LogP contribution in [0, 0.1) is 5.92 Å². The van der Waals surface area contributed by atoms with Crippen molar-refractivity contribution < 1.29 is 9.53 Å². The first-order valence-corrected chi connectivity index (χ1v) is 8.58. The molecule has 1 aromatic heterocycles. The number of carbonyl (C=O) groups excluding carboxylic acids is 1. The highest BCUT2D eigenvalue weighted by Crippen LogP contribution is 2.19. The minimum atomic E-state index is 0.0643. The van der Waals surface area contributed by atoms with Crippen LogP contribution in [0.25, 0.3) is 0 Å². The predicted octanol–water partition coefficient (Wildman–Crippen LogP) is 2.56. The first-order chi connectivity index (χ1) is 11.7. The van der Waals surface area contributed by atoms with Gasteiger partial charge in [-0.05, 0) is 41.7 Å². The molecule has 2 aromatic rings. The molecule has 4 heteroatoms. The zero-order valence-corrected chi connectivity index (χ0v) is 14.1. The van der Waals surface area contributed by atoms with Gasteiger partial charge < -0.3 is 10.1 Å². The second kappa shape index (κ2) is 8.06. The molecule has 1 saturated heterocycles. The van der Waals surface area contributed by atoms with E-state index in [4.69, 9.17) is 4.74 Å². The smallest absolute Gasteiger partial charge is 0.224 e. The van der Waals surface area contributed by atoms with E-state index in [2.05, 4.69) is 29.4 Å². The van der Waals surface area contributed by atoms with Crippen molar-refractivity contribution in [3.05, 3.63) is 65.5 Å². The summed E-state index contributed by atoms with van der Waals surface area (Å²) in [7, 11) is 0. The van der Waals surface area contributed by atoms with E-state index >= 15 is 0 Å². The summed E-state index contributed by atoms with van der Waals surface area (Å²) in [4.78, 5) is 16.4. The SMILES string of the molecule is CCc1ccc(CC(=O)N[C@H]2COC[C@H]2Cc2ccncc2)cc1. The molecular formula is C20H24N2O2. The number of hydrogen-bond donors (Lipinski definition) is 1. The minimum absolute atomic E-state index is 0.0643. The Hall–Kier alpha value is -2.20. The van der Waals surface area contributed by atoms with Gasteiger partial charge in [0, 0.05) is 18.3 Å². The third kappa shape index (κ3) is 4.42. The lowest BCUT2D eigenvalue weighted by molar-refractivity contribution is -0.121. The van der Waals surface area contributed by atoms with Crippen LogP contribution in [0.3, 0.4) is 0 Å². The quantitative estimate of drug-likeness (QED) is 0.888. The van der Waals surface area contributed by atoms with Crippen molar-refractivity contribution in [2.75, 3.05) is 13.2 Å². The standard InChI is InChI=1S/C20H24N2O2/c1-2-15-3-5-16(6-4-15)12-20(23)22-19-14-24-13-18(19)11-17-7-9-21-10-8-17/h3-10,18-19H,2,11-14H2,1H3,(H,22,23)/t18-,19+/m1/s1. The van der Waals surface area contributed by atoms with E-state index in [0.717, 1.165) is 18.4 Å². The summed E-state index contributed by atoms with van der Waals surface area (Å²) in [6.07, 6.45) is 5.95. The average molecular weight is 324 g/mol. The van der Waals surface area contributed by atoms with Gasteiger partial charge in [-0.25, -0.2) is 0 Å². The van der Waals surface area contributed by atoms with Gasteiger partial charge in [-0.3, -0.25) is 9.78 Å². The Bertz CT molecular complexity index is 655. The van der Waals surface area contributed by atoms with Crippen LogP contribution in [0.5, 0.6) is 0 Å². The van der Waals surface area contributed by atoms with Crippen molar-refractivity contribution in [2.24, 2.45) is 5.92 Å². The molecule has 0 radical (unpaired) electrons. The molecule has 1 aromatic carbocycles. The minimum Gasteiger partial charge on any atom is -0.379 e. The van der Waals surface area contributed by atoms with Crippen LogP contribution in [0.15, 0.2) is 48.8 Å². The zero-order chi connectivity index (χ0) is 16.8. The second-order valence-electron chi connectivity index (χ2n) is 6.38. The summed E-state index contributed by atoms with van der Waals surface area (Å²) in [5.41, 5.74) is 3.57. The topological polar surface area (TPSA) is 51.2 Å². The van der Waals surface area contributed by atoms with Crippen LogP contribution in [-0.2, 0) is 28.8 Å². The van der Waals surface area contributed by atoms with Gasteiger partial charge in [0.05, 0.1) is 25.7 Å². The van der Waals surface area contributed by atoms with E-state index < -0.39 is 0 Å². The maximum absolute atomic E-state index is 12.3. The van der Waals surface area contributed by atoms with E-state index in [1.165, 1.54) is 11.1 Å². The Balaban J connectivity index is 1.54. The number of nitrogens with zero attached hydrogens (tertiary/aromatic N) is 1. The van der Waals surface area contributed by atoms with E-state index in [1.807, 2.05) is 24.3 Å². The summed E-state index contributed by atoms with van der Waals surface area (Å²) >= 11 is 0. The number of aryl methyl sites for hydroxylation is 1. The van der Waals surface area contributed by atoms with E-state index in [0.29, 0.717) is 25.6 Å². The molecule has 2 heterocycles. The molecule has 1 N–H and O–H groups in total. The molecule has 1 aliphatic rings. The lowest BCUT2D eigenvalue weighted by atomic mass is 9.95. The number of hydrogen-bond acceptors (Lipinski definition) is 3. The molecule has 126 valence electrons. The van der Waals surface area contributed by atoms with E-state index in [-0.39, 0.29) is 11.9 Å².